The van der Waals surface area contributed by atoms with Gasteiger partial charge in [0, 0.05) is 41.8 Å². The fraction of sp³-hybridized carbons (Fsp3) is 0.250. The summed E-state index contributed by atoms with van der Waals surface area (Å²) in [4.78, 5) is 14.7. The van der Waals surface area contributed by atoms with Crippen LogP contribution in [0.4, 0.5) is 0 Å². The third-order valence-electron chi connectivity index (χ3n) is 2.31. The molecule has 4 heteroatoms. The number of aromatic nitrogens is 3. The Balaban J connectivity index is 2.30. The molecule has 0 unspecified atom stereocenters. The number of aldehydes is 1. The standard InChI is InChI=1S/C12H13N3O/c1-2-3-15-8-12(7-14-15)11-4-10(9-16)5-13-6-11/h4-9H,2-3H2,1H3. The lowest BCUT2D eigenvalue weighted by atomic mass is 10.1. The minimum Gasteiger partial charge on any atom is -0.298 e. The van der Waals surface area contributed by atoms with Gasteiger partial charge in [-0.2, -0.15) is 5.10 Å². The summed E-state index contributed by atoms with van der Waals surface area (Å²) in [6.45, 7) is 3.01. The van der Waals surface area contributed by atoms with Gasteiger partial charge in [-0.05, 0) is 12.5 Å². The number of hydrogen-bond donors (Lipinski definition) is 0. The van der Waals surface area contributed by atoms with Crippen LogP contribution in [0.15, 0.2) is 30.9 Å². The molecule has 4 nitrogen and oxygen atoms in total. The molecule has 0 aliphatic carbocycles. The monoisotopic (exact) mass is 215 g/mol. The summed E-state index contributed by atoms with van der Waals surface area (Å²) in [7, 11) is 0. The molecule has 0 aliphatic heterocycles. The molecule has 0 bridgehead atoms. The van der Waals surface area contributed by atoms with Gasteiger partial charge in [0.1, 0.15) is 0 Å². The molecule has 2 aromatic heterocycles. The minimum atomic E-state index is 0.584. The lowest BCUT2D eigenvalue weighted by Gasteiger charge is -1.97. The predicted molar refractivity (Wildman–Crippen MR) is 61.1 cm³/mol. The Kier molecular flexibility index (Phi) is 3.10. The molecule has 2 heterocycles. The van der Waals surface area contributed by atoms with Crippen LogP contribution in [0.2, 0.25) is 0 Å². The smallest absolute Gasteiger partial charge is 0.151 e. The van der Waals surface area contributed by atoms with Gasteiger partial charge in [0.05, 0.1) is 6.20 Å². The van der Waals surface area contributed by atoms with Gasteiger partial charge in [-0.1, -0.05) is 6.92 Å². The van der Waals surface area contributed by atoms with E-state index in [1.807, 2.05) is 16.9 Å². The van der Waals surface area contributed by atoms with Gasteiger partial charge in [-0.15, -0.1) is 0 Å². The lowest BCUT2D eigenvalue weighted by Crippen LogP contribution is -1.95. The van der Waals surface area contributed by atoms with E-state index in [2.05, 4.69) is 17.0 Å². The molecule has 0 aromatic carbocycles. The second-order valence-electron chi connectivity index (χ2n) is 3.62. The highest BCUT2D eigenvalue weighted by Gasteiger charge is 2.02. The van der Waals surface area contributed by atoms with E-state index in [-0.39, 0.29) is 0 Å². The molecule has 0 radical (unpaired) electrons. The number of hydrogen-bond acceptors (Lipinski definition) is 3. The highest BCUT2D eigenvalue weighted by atomic mass is 16.1. The Bertz CT molecular complexity index is 491. The van der Waals surface area contributed by atoms with Crippen molar-refractivity contribution in [1.29, 1.82) is 0 Å². The minimum absolute atomic E-state index is 0.584. The normalized spacial score (nSPS) is 10.3. The molecule has 0 saturated heterocycles. The van der Waals surface area contributed by atoms with Gasteiger partial charge in [-0.25, -0.2) is 0 Å². The highest BCUT2D eigenvalue weighted by molar-refractivity contribution is 5.77. The molecule has 82 valence electrons. The van der Waals surface area contributed by atoms with Gasteiger partial charge in [0.2, 0.25) is 0 Å². The topological polar surface area (TPSA) is 47.8 Å². The van der Waals surface area contributed by atoms with Crippen LogP contribution in [0.5, 0.6) is 0 Å². The van der Waals surface area contributed by atoms with Crippen molar-refractivity contribution in [2.75, 3.05) is 0 Å². The quantitative estimate of drug-likeness (QED) is 0.734. The van der Waals surface area contributed by atoms with Crippen molar-refractivity contribution in [2.45, 2.75) is 19.9 Å². The first kappa shape index (κ1) is 10.5. The first-order valence-corrected chi connectivity index (χ1v) is 5.26. The van der Waals surface area contributed by atoms with Crippen LogP contribution in [-0.2, 0) is 6.54 Å². The lowest BCUT2D eigenvalue weighted by molar-refractivity contribution is 0.112. The molecule has 0 atom stereocenters. The van der Waals surface area contributed by atoms with Gasteiger partial charge >= 0.3 is 0 Å². The number of carbonyl (C=O) groups excluding carboxylic acids is 1. The number of aryl methyl sites for hydroxylation is 1. The third kappa shape index (κ3) is 2.16. The van der Waals surface area contributed by atoms with Crippen LogP contribution in [0.25, 0.3) is 11.1 Å². The summed E-state index contributed by atoms with van der Waals surface area (Å²) in [6.07, 6.45) is 8.89. The Hall–Kier alpha value is -1.97. The van der Waals surface area contributed by atoms with E-state index in [4.69, 9.17) is 0 Å². The summed E-state index contributed by atoms with van der Waals surface area (Å²) >= 11 is 0. The molecule has 16 heavy (non-hydrogen) atoms. The van der Waals surface area contributed by atoms with E-state index < -0.39 is 0 Å². The molecule has 0 fully saturated rings. The number of pyridine rings is 1. The average molecular weight is 215 g/mol. The SMILES string of the molecule is CCCn1cc(-c2cncc(C=O)c2)cn1. The maximum atomic E-state index is 10.6. The zero-order valence-corrected chi connectivity index (χ0v) is 9.13. The Morgan fingerprint density at radius 1 is 1.31 bits per heavy atom. The maximum absolute atomic E-state index is 10.6. The molecule has 2 rings (SSSR count). The van der Waals surface area contributed by atoms with Crippen LogP contribution in [-0.4, -0.2) is 21.1 Å². The summed E-state index contributed by atoms with van der Waals surface area (Å²) in [6, 6.07) is 1.81. The molecular formula is C12H13N3O. The second-order valence-corrected chi connectivity index (χ2v) is 3.62. The van der Waals surface area contributed by atoms with E-state index in [1.165, 1.54) is 0 Å². The zero-order chi connectivity index (χ0) is 11.4. The van der Waals surface area contributed by atoms with Gasteiger partial charge in [0.15, 0.2) is 6.29 Å². The van der Waals surface area contributed by atoms with Crippen LogP contribution in [0.3, 0.4) is 0 Å². The fourth-order valence-electron chi connectivity index (χ4n) is 1.54. The molecule has 0 saturated carbocycles. The zero-order valence-electron chi connectivity index (χ0n) is 9.13. The largest absolute Gasteiger partial charge is 0.298 e. The number of nitrogens with zero attached hydrogens (tertiary/aromatic N) is 3. The molecule has 2 aromatic rings. The van der Waals surface area contributed by atoms with E-state index in [1.54, 1.807) is 18.6 Å². The van der Waals surface area contributed by atoms with Crippen LogP contribution in [0.1, 0.15) is 23.7 Å². The van der Waals surface area contributed by atoms with Gasteiger partial charge < -0.3 is 0 Å². The number of carbonyl (C=O) groups is 1. The van der Waals surface area contributed by atoms with Crippen molar-refractivity contribution in [3.63, 3.8) is 0 Å². The van der Waals surface area contributed by atoms with Crippen LogP contribution in [0, 0.1) is 0 Å². The predicted octanol–water partition coefficient (Wildman–Crippen LogP) is 2.17. The summed E-state index contributed by atoms with van der Waals surface area (Å²) < 4.78 is 1.89. The van der Waals surface area contributed by atoms with Crippen molar-refractivity contribution in [2.24, 2.45) is 0 Å². The number of rotatable bonds is 4. The summed E-state index contributed by atoms with van der Waals surface area (Å²) in [5, 5.41) is 4.24. The van der Waals surface area contributed by atoms with E-state index >= 15 is 0 Å². The molecular weight excluding hydrogens is 202 g/mol. The van der Waals surface area contributed by atoms with Crippen LogP contribution < -0.4 is 0 Å². The maximum Gasteiger partial charge on any atom is 0.151 e. The average Bonchev–Trinajstić information content (AvgIpc) is 2.78. The Labute approximate surface area is 93.9 Å². The Morgan fingerprint density at radius 3 is 2.94 bits per heavy atom. The second kappa shape index (κ2) is 4.70. The van der Waals surface area contributed by atoms with Crippen LogP contribution >= 0.6 is 0 Å². The van der Waals surface area contributed by atoms with Crippen molar-refractivity contribution in [3.8, 4) is 11.1 Å². The molecule has 0 aliphatic rings. The van der Waals surface area contributed by atoms with E-state index in [9.17, 15) is 4.79 Å². The third-order valence-corrected chi connectivity index (χ3v) is 2.31. The van der Waals surface area contributed by atoms with Crippen molar-refractivity contribution < 1.29 is 4.79 Å². The van der Waals surface area contributed by atoms with E-state index in [0.717, 1.165) is 30.4 Å². The first-order valence-electron chi connectivity index (χ1n) is 5.26. The van der Waals surface area contributed by atoms with E-state index in [0.29, 0.717) is 5.56 Å². The molecule has 0 spiro atoms. The summed E-state index contributed by atoms with van der Waals surface area (Å²) in [5.41, 5.74) is 2.50. The molecule has 0 N–H and O–H groups in total. The first-order chi connectivity index (χ1) is 7.83. The highest BCUT2D eigenvalue weighted by Crippen LogP contribution is 2.18. The summed E-state index contributed by atoms with van der Waals surface area (Å²) in [5.74, 6) is 0. The van der Waals surface area contributed by atoms with Crippen molar-refractivity contribution >= 4 is 6.29 Å². The van der Waals surface area contributed by atoms with Gasteiger partial charge in [-0.3, -0.25) is 14.5 Å². The van der Waals surface area contributed by atoms with Crippen molar-refractivity contribution in [3.05, 3.63) is 36.4 Å². The Morgan fingerprint density at radius 2 is 2.19 bits per heavy atom. The van der Waals surface area contributed by atoms with Crippen molar-refractivity contribution in [1.82, 2.24) is 14.8 Å². The molecule has 0 amide bonds. The fourth-order valence-corrected chi connectivity index (χ4v) is 1.54. The van der Waals surface area contributed by atoms with Gasteiger partial charge in [0.25, 0.3) is 0 Å².